The fourth-order valence-electron chi connectivity index (χ4n) is 2.04. The number of rotatable bonds is 4. The lowest BCUT2D eigenvalue weighted by atomic mass is 10.00. The molecule has 3 N–H and O–H groups in total. The second-order valence-electron chi connectivity index (χ2n) is 5.14. The lowest BCUT2D eigenvalue weighted by Gasteiger charge is -2.15. The number of carbonyl (C=O) groups is 1. The molecule has 2 rings (SSSR count). The number of aromatic nitrogens is 2. The molecule has 1 aromatic carbocycles. The molecule has 0 radical (unpaired) electrons. The van der Waals surface area contributed by atoms with E-state index in [-0.39, 0.29) is 17.9 Å². The third-order valence-electron chi connectivity index (χ3n) is 3.21. The average molecular weight is 272 g/mol. The van der Waals surface area contributed by atoms with Crippen LogP contribution in [0, 0.1) is 0 Å². The summed E-state index contributed by atoms with van der Waals surface area (Å²) in [5.74, 6) is 0.368. The van der Waals surface area contributed by atoms with Gasteiger partial charge in [-0.1, -0.05) is 12.1 Å². The van der Waals surface area contributed by atoms with E-state index in [0.717, 1.165) is 5.56 Å². The number of hydrogen-bond acceptors (Lipinski definition) is 3. The first-order valence-electron chi connectivity index (χ1n) is 6.69. The molecule has 0 aliphatic rings. The van der Waals surface area contributed by atoms with Crippen LogP contribution in [0.25, 0.3) is 0 Å². The monoisotopic (exact) mass is 272 g/mol. The Morgan fingerprint density at radius 2 is 2.05 bits per heavy atom. The van der Waals surface area contributed by atoms with Crippen LogP contribution >= 0.6 is 0 Å². The maximum absolute atomic E-state index is 12.3. The first-order chi connectivity index (χ1) is 9.49. The minimum Gasteiger partial charge on any atom is -0.399 e. The van der Waals surface area contributed by atoms with Crippen molar-refractivity contribution in [3.8, 4) is 0 Å². The van der Waals surface area contributed by atoms with Crippen molar-refractivity contribution in [1.29, 1.82) is 0 Å². The highest BCUT2D eigenvalue weighted by molar-refractivity contribution is 5.95. The van der Waals surface area contributed by atoms with Gasteiger partial charge < -0.3 is 11.1 Å². The summed E-state index contributed by atoms with van der Waals surface area (Å²) in [6.45, 7) is 5.90. The molecule has 1 aromatic heterocycles. The normalized spacial score (nSPS) is 12.4. The van der Waals surface area contributed by atoms with Crippen molar-refractivity contribution in [2.45, 2.75) is 32.7 Å². The zero-order chi connectivity index (χ0) is 14.7. The highest BCUT2D eigenvalue weighted by Crippen LogP contribution is 2.20. The summed E-state index contributed by atoms with van der Waals surface area (Å²) in [6.07, 6.45) is 1.68. The van der Waals surface area contributed by atoms with Crippen molar-refractivity contribution in [3.05, 3.63) is 42.1 Å². The summed E-state index contributed by atoms with van der Waals surface area (Å²) in [5, 5.41) is 7.11. The Hall–Kier alpha value is -2.30. The molecule has 5 nitrogen and oxygen atoms in total. The Morgan fingerprint density at radius 3 is 2.70 bits per heavy atom. The van der Waals surface area contributed by atoms with Crippen molar-refractivity contribution in [3.63, 3.8) is 0 Å². The Labute approximate surface area is 118 Å². The number of nitrogen functional groups attached to an aromatic ring is 1. The highest BCUT2D eigenvalue weighted by atomic mass is 16.2. The minimum atomic E-state index is -0.269. The molecule has 0 fully saturated rings. The number of amides is 1. The number of anilines is 2. The van der Waals surface area contributed by atoms with Crippen LogP contribution in [-0.4, -0.2) is 15.7 Å². The number of benzene rings is 1. The van der Waals surface area contributed by atoms with Crippen molar-refractivity contribution < 1.29 is 4.79 Å². The SMILES string of the molecule is CC(C(=O)Nc1ccnn1C(C)C)c1cccc(N)c1. The maximum Gasteiger partial charge on any atom is 0.232 e. The topological polar surface area (TPSA) is 72.9 Å². The van der Waals surface area contributed by atoms with Crippen LogP contribution in [0.5, 0.6) is 0 Å². The second-order valence-corrected chi connectivity index (χ2v) is 5.14. The van der Waals surface area contributed by atoms with E-state index in [1.165, 1.54) is 0 Å². The van der Waals surface area contributed by atoms with Crippen LogP contribution in [0.15, 0.2) is 36.5 Å². The summed E-state index contributed by atoms with van der Waals surface area (Å²) >= 11 is 0. The fraction of sp³-hybridized carbons (Fsp3) is 0.333. The van der Waals surface area contributed by atoms with Gasteiger partial charge in [-0.3, -0.25) is 4.79 Å². The smallest absolute Gasteiger partial charge is 0.232 e. The molecular weight excluding hydrogens is 252 g/mol. The van der Waals surface area contributed by atoms with E-state index in [9.17, 15) is 4.79 Å². The number of nitrogens with zero attached hydrogens (tertiary/aromatic N) is 2. The molecule has 106 valence electrons. The van der Waals surface area contributed by atoms with Gasteiger partial charge in [-0.05, 0) is 38.5 Å². The van der Waals surface area contributed by atoms with Gasteiger partial charge in [0, 0.05) is 17.8 Å². The third kappa shape index (κ3) is 2.99. The van der Waals surface area contributed by atoms with Crippen LogP contribution in [0.2, 0.25) is 0 Å². The Kier molecular flexibility index (Phi) is 4.08. The molecule has 0 saturated heterocycles. The van der Waals surface area contributed by atoms with E-state index >= 15 is 0 Å². The molecule has 1 unspecified atom stereocenters. The number of carbonyl (C=O) groups excluding carboxylic acids is 1. The molecule has 0 spiro atoms. The van der Waals surface area contributed by atoms with Gasteiger partial charge >= 0.3 is 0 Å². The molecule has 1 amide bonds. The molecule has 20 heavy (non-hydrogen) atoms. The van der Waals surface area contributed by atoms with Gasteiger partial charge in [0.15, 0.2) is 0 Å². The van der Waals surface area contributed by atoms with Gasteiger partial charge in [-0.2, -0.15) is 5.10 Å². The summed E-state index contributed by atoms with van der Waals surface area (Å²) in [7, 11) is 0. The molecule has 0 aliphatic carbocycles. The summed E-state index contributed by atoms with van der Waals surface area (Å²) in [5.41, 5.74) is 7.31. The van der Waals surface area contributed by atoms with Gasteiger partial charge in [0.1, 0.15) is 5.82 Å². The van der Waals surface area contributed by atoms with Crippen molar-refractivity contribution in [2.75, 3.05) is 11.1 Å². The van der Waals surface area contributed by atoms with Crippen molar-refractivity contribution in [2.24, 2.45) is 0 Å². The first-order valence-corrected chi connectivity index (χ1v) is 6.69. The quantitative estimate of drug-likeness (QED) is 0.840. The first kappa shape index (κ1) is 14.1. The van der Waals surface area contributed by atoms with E-state index < -0.39 is 0 Å². The van der Waals surface area contributed by atoms with Crippen molar-refractivity contribution >= 4 is 17.4 Å². The predicted molar refractivity (Wildman–Crippen MR) is 80.5 cm³/mol. The van der Waals surface area contributed by atoms with E-state index in [1.807, 2.05) is 45.0 Å². The lowest BCUT2D eigenvalue weighted by molar-refractivity contribution is -0.117. The molecule has 5 heteroatoms. The largest absolute Gasteiger partial charge is 0.399 e. The van der Waals surface area contributed by atoms with Crippen LogP contribution in [0.4, 0.5) is 11.5 Å². The van der Waals surface area contributed by atoms with E-state index in [0.29, 0.717) is 11.5 Å². The lowest BCUT2D eigenvalue weighted by Crippen LogP contribution is -2.21. The molecule has 0 saturated carbocycles. The summed E-state index contributed by atoms with van der Waals surface area (Å²) in [6, 6.07) is 9.38. The summed E-state index contributed by atoms with van der Waals surface area (Å²) in [4.78, 5) is 12.3. The Bertz CT molecular complexity index is 603. The minimum absolute atomic E-state index is 0.0713. The van der Waals surface area contributed by atoms with Crippen LogP contribution in [-0.2, 0) is 4.79 Å². The standard InChI is InChI=1S/C15H20N4O/c1-10(2)19-14(7-8-17-19)18-15(20)11(3)12-5-4-6-13(16)9-12/h4-11H,16H2,1-3H3,(H,18,20). The maximum atomic E-state index is 12.3. The molecule has 1 atom stereocenters. The van der Waals surface area contributed by atoms with Crippen molar-refractivity contribution in [1.82, 2.24) is 9.78 Å². The van der Waals surface area contributed by atoms with E-state index in [4.69, 9.17) is 5.73 Å². The molecule has 0 aliphatic heterocycles. The third-order valence-corrected chi connectivity index (χ3v) is 3.21. The Balaban J connectivity index is 2.14. The van der Waals surface area contributed by atoms with E-state index in [1.54, 1.807) is 16.9 Å². The number of nitrogens with two attached hydrogens (primary N) is 1. The van der Waals surface area contributed by atoms with Gasteiger partial charge in [0.2, 0.25) is 5.91 Å². The fourth-order valence-corrected chi connectivity index (χ4v) is 2.04. The van der Waals surface area contributed by atoms with E-state index in [2.05, 4.69) is 10.4 Å². The van der Waals surface area contributed by atoms with Crippen LogP contribution in [0.1, 0.15) is 38.3 Å². The molecule has 1 heterocycles. The highest BCUT2D eigenvalue weighted by Gasteiger charge is 2.17. The predicted octanol–water partition coefficient (Wildman–Crippen LogP) is 2.79. The van der Waals surface area contributed by atoms with Gasteiger partial charge in [0.05, 0.1) is 12.1 Å². The number of nitrogens with one attached hydrogen (secondary N) is 1. The molecular formula is C15H20N4O. The number of hydrogen-bond donors (Lipinski definition) is 2. The van der Waals surface area contributed by atoms with Gasteiger partial charge in [0.25, 0.3) is 0 Å². The zero-order valence-corrected chi connectivity index (χ0v) is 12.0. The molecule has 0 bridgehead atoms. The van der Waals surface area contributed by atoms with Crippen LogP contribution in [0.3, 0.4) is 0 Å². The second kappa shape index (κ2) is 5.77. The summed E-state index contributed by atoms with van der Waals surface area (Å²) < 4.78 is 1.78. The van der Waals surface area contributed by atoms with Gasteiger partial charge in [-0.25, -0.2) is 4.68 Å². The Morgan fingerprint density at radius 1 is 1.30 bits per heavy atom. The molecule has 2 aromatic rings. The van der Waals surface area contributed by atoms with Crippen LogP contribution < -0.4 is 11.1 Å². The average Bonchev–Trinajstić information content (AvgIpc) is 2.86. The van der Waals surface area contributed by atoms with Gasteiger partial charge in [-0.15, -0.1) is 0 Å². The zero-order valence-electron chi connectivity index (χ0n) is 12.0.